The van der Waals surface area contributed by atoms with Crippen molar-refractivity contribution in [3.8, 4) is 0 Å². The molecule has 6 nitrogen and oxygen atoms in total. The van der Waals surface area contributed by atoms with E-state index < -0.39 is 0 Å². The van der Waals surface area contributed by atoms with E-state index in [0.29, 0.717) is 13.1 Å². The first-order chi connectivity index (χ1) is 18.1. The molecule has 4 rings (SSSR count). The van der Waals surface area contributed by atoms with Gasteiger partial charge < -0.3 is 10.6 Å². The highest BCUT2D eigenvalue weighted by molar-refractivity contribution is 6.02. The van der Waals surface area contributed by atoms with Crippen molar-refractivity contribution in [2.45, 2.75) is 20.3 Å². The lowest BCUT2D eigenvalue weighted by Crippen LogP contribution is -2.34. The van der Waals surface area contributed by atoms with E-state index in [0.717, 1.165) is 40.3 Å². The number of para-hydroxylation sites is 2. The van der Waals surface area contributed by atoms with E-state index in [1.165, 1.54) is 0 Å². The summed E-state index contributed by atoms with van der Waals surface area (Å²) in [7, 11) is 0. The second-order valence-corrected chi connectivity index (χ2v) is 8.59. The van der Waals surface area contributed by atoms with Crippen LogP contribution in [0, 0.1) is 0 Å². The van der Waals surface area contributed by atoms with Crippen molar-refractivity contribution in [3.63, 3.8) is 0 Å². The van der Waals surface area contributed by atoms with Gasteiger partial charge in [-0.1, -0.05) is 60.7 Å². The first-order valence-corrected chi connectivity index (χ1v) is 12.5. The van der Waals surface area contributed by atoms with Gasteiger partial charge in [0.1, 0.15) is 0 Å². The summed E-state index contributed by atoms with van der Waals surface area (Å²) in [4.78, 5) is 29.0. The molecule has 0 heterocycles. The van der Waals surface area contributed by atoms with E-state index in [2.05, 4.69) is 10.6 Å². The molecule has 0 atom stereocenters. The minimum Gasteiger partial charge on any atom is -0.308 e. The average molecular weight is 493 g/mol. The number of urea groups is 2. The fraction of sp³-hybridized carbons (Fsp3) is 0.161. The van der Waals surface area contributed by atoms with Crippen LogP contribution < -0.4 is 20.4 Å². The third-order valence-corrected chi connectivity index (χ3v) is 6.08. The Balaban J connectivity index is 1.38. The van der Waals surface area contributed by atoms with Crippen molar-refractivity contribution in [2.24, 2.45) is 0 Å². The van der Waals surface area contributed by atoms with Crippen LogP contribution in [0.5, 0.6) is 0 Å². The Bertz CT molecular complexity index is 1190. The quantitative estimate of drug-likeness (QED) is 0.269. The Hall–Kier alpha value is -4.58. The summed E-state index contributed by atoms with van der Waals surface area (Å²) in [5.74, 6) is 0. The molecule has 0 radical (unpaired) electrons. The van der Waals surface area contributed by atoms with Crippen LogP contribution in [0.3, 0.4) is 0 Å². The number of nitrogens with one attached hydrogen (secondary N) is 2. The van der Waals surface area contributed by atoms with Gasteiger partial charge in [-0.2, -0.15) is 0 Å². The van der Waals surface area contributed by atoms with Crippen LogP contribution in [0.15, 0.2) is 109 Å². The zero-order valence-corrected chi connectivity index (χ0v) is 21.2. The van der Waals surface area contributed by atoms with Crippen LogP contribution >= 0.6 is 0 Å². The Labute approximate surface area is 218 Å². The SMILES string of the molecule is CCN(C(=O)Nc1ccccc1)c1ccc(Cc2ccc(N(CC)C(=O)Nc3ccccc3)cc2)cc1. The molecular formula is C31H32N4O2. The van der Waals surface area contributed by atoms with Gasteiger partial charge in [-0.3, -0.25) is 9.80 Å². The van der Waals surface area contributed by atoms with E-state index in [1.54, 1.807) is 9.80 Å². The monoisotopic (exact) mass is 492 g/mol. The molecule has 0 aliphatic rings. The average Bonchev–Trinajstić information content (AvgIpc) is 2.92. The van der Waals surface area contributed by atoms with Gasteiger partial charge >= 0.3 is 12.1 Å². The summed E-state index contributed by atoms with van der Waals surface area (Å²) in [5, 5.41) is 5.88. The molecule has 0 aliphatic carbocycles. The molecule has 0 aliphatic heterocycles. The fourth-order valence-corrected chi connectivity index (χ4v) is 4.13. The molecule has 0 aromatic heterocycles. The Kier molecular flexibility index (Phi) is 8.55. The lowest BCUT2D eigenvalue weighted by molar-refractivity contribution is 0.256. The molecule has 0 saturated carbocycles. The molecule has 4 aromatic carbocycles. The maximum Gasteiger partial charge on any atom is 0.326 e. The number of amides is 4. The van der Waals surface area contributed by atoms with Crippen LogP contribution in [0.4, 0.5) is 32.3 Å². The third-order valence-electron chi connectivity index (χ3n) is 6.08. The van der Waals surface area contributed by atoms with Gasteiger partial charge in [0.25, 0.3) is 0 Å². The van der Waals surface area contributed by atoms with Crippen LogP contribution in [0.2, 0.25) is 0 Å². The van der Waals surface area contributed by atoms with E-state index in [1.807, 2.05) is 123 Å². The lowest BCUT2D eigenvalue weighted by Gasteiger charge is -2.22. The van der Waals surface area contributed by atoms with Crippen LogP contribution in [0.1, 0.15) is 25.0 Å². The maximum absolute atomic E-state index is 12.8. The van der Waals surface area contributed by atoms with Crippen molar-refractivity contribution in [1.29, 1.82) is 0 Å². The molecule has 188 valence electrons. The molecule has 0 saturated heterocycles. The van der Waals surface area contributed by atoms with Crippen LogP contribution in [-0.2, 0) is 6.42 Å². The Morgan fingerprint density at radius 3 is 1.22 bits per heavy atom. The minimum atomic E-state index is -0.159. The van der Waals surface area contributed by atoms with Crippen molar-refractivity contribution < 1.29 is 9.59 Å². The topological polar surface area (TPSA) is 64.7 Å². The molecule has 0 bridgehead atoms. The number of benzene rings is 4. The van der Waals surface area contributed by atoms with Crippen LogP contribution in [-0.4, -0.2) is 25.2 Å². The largest absolute Gasteiger partial charge is 0.326 e. The number of anilines is 4. The lowest BCUT2D eigenvalue weighted by atomic mass is 10.0. The maximum atomic E-state index is 12.8. The predicted octanol–water partition coefficient (Wildman–Crippen LogP) is 7.39. The Morgan fingerprint density at radius 2 is 0.892 bits per heavy atom. The normalized spacial score (nSPS) is 10.4. The molecule has 0 spiro atoms. The fourth-order valence-electron chi connectivity index (χ4n) is 4.13. The van der Waals surface area contributed by atoms with E-state index in [9.17, 15) is 9.59 Å². The molecule has 0 fully saturated rings. The molecule has 4 amide bonds. The zero-order chi connectivity index (χ0) is 26.0. The van der Waals surface area contributed by atoms with Gasteiger partial charge in [-0.25, -0.2) is 9.59 Å². The first-order valence-electron chi connectivity index (χ1n) is 12.5. The summed E-state index contributed by atoms with van der Waals surface area (Å²) in [6.07, 6.45) is 0.755. The number of hydrogen-bond donors (Lipinski definition) is 2. The number of rotatable bonds is 8. The van der Waals surface area contributed by atoms with Crippen molar-refractivity contribution in [1.82, 2.24) is 0 Å². The number of carbonyl (C=O) groups excluding carboxylic acids is 2. The highest BCUT2D eigenvalue weighted by atomic mass is 16.2. The Morgan fingerprint density at radius 1 is 0.541 bits per heavy atom. The van der Waals surface area contributed by atoms with Crippen molar-refractivity contribution in [3.05, 3.63) is 120 Å². The van der Waals surface area contributed by atoms with Gasteiger partial charge in [0.2, 0.25) is 0 Å². The predicted molar refractivity (Wildman–Crippen MR) is 153 cm³/mol. The molecule has 6 heteroatoms. The molecule has 37 heavy (non-hydrogen) atoms. The van der Waals surface area contributed by atoms with Crippen molar-refractivity contribution >= 4 is 34.8 Å². The summed E-state index contributed by atoms with van der Waals surface area (Å²) >= 11 is 0. The van der Waals surface area contributed by atoms with Gasteiger partial charge in [-0.15, -0.1) is 0 Å². The zero-order valence-electron chi connectivity index (χ0n) is 21.2. The standard InChI is InChI=1S/C31H32N4O2/c1-3-34(30(36)32-26-11-7-5-8-12-26)28-19-15-24(16-20-28)23-25-17-21-29(22-18-25)35(4-2)31(37)33-27-13-9-6-10-14-27/h5-22H,3-4,23H2,1-2H3,(H,32,36)(H,33,37). The summed E-state index contributed by atoms with van der Waals surface area (Å²) in [6.45, 7) is 5.04. The van der Waals surface area contributed by atoms with E-state index in [-0.39, 0.29) is 12.1 Å². The highest BCUT2D eigenvalue weighted by Crippen LogP contribution is 2.21. The summed E-state index contributed by atoms with van der Waals surface area (Å²) in [5.41, 5.74) is 5.52. The van der Waals surface area contributed by atoms with Gasteiger partial charge in [0.05, 0.1) is 0 Å². The van der Waals surface area contributed by atoms with E-state index in [4.69, 9.17) is 0 Å². The molecule has 0 unspecified atom stereocenters. The molecule has 4 aromatic rings. The van der Waals surface area contributed by atoms with Crippen molar-refractivity contribution in [2.75, 3.05) is 33.5 Å². The van der Waals surface area contributed by atoms with E-state index >= 15 is 0 Å². The number of carbonyl (C=O) groups is 2. The smallest absolute Gasteiger partial charge is 0.308 e. The van der Waals surface area contributed by atoms with Gasteiger partial charge in [0, 0.05) is 35.8 Å². The van der Waals surface area contributed by atoms with Crippen LogP contribution in [0.25, 0.3) is 0 Å². The molecule has 2 N–H and O–H groups in total. The third kappa shape index (κ3) is 6.76. The first kappa shape index (κ1) is 25.5. The second-order valence-electron chi connectivity index (χ2n) is 8.59. The van der Waals surface area contributed by atoms with Gasteiger partial charge in [0.15, 0.2) is 0 Å². The number of nitrogens with zero attached hydrogens (tertiary/aromatic N) is 2. The van der Waals surface area contributed by atoms with Gasteiger partial charge in [-0.05, 0) is 79.9 Å². The number of hydrogen-bond acceptors (Lipinski definition) is 2. The summed E-state index contributed by atoms with van der Waals surface area (Å²) in [6, 6.07) is 34.7. The summed E-state index contributed by atoms with van der Waals surface area (Å²) < 4.78 is 0. The molecular weight excluding hydrogens is 460 g/mol. The highest BCUT2D eigenvalue weighted by Gasteiger charge is 2.15. The second kappa shape index (κ2) is 12.4. The minimum absolute atomic E-state index is 0.159.